The molecule has 0 amide bonds. The van der Waals surface area contributed by atoms with Crippen molar-refractivity contribution >= 4 is 5.95 Å². The standard InChI is InChI=1S/C9H15N3O/c1-10-9-11-4-5-12(9)8-3-2-6-13-7-8/h4-5,8H,2-3,6-7H2,1H3,(H,10,11). The van der Waals surface area contributed by atoms with Gasteiger partial charge in [0.25, 0.3) is 0 Å². The van der Waals surface area contributed by atoms with E-state index in [1.165, 1.54) is 6.42 Å². The molecule has 0 aliphatic carbocycles. The van der Waals surface area contributed by atoms with E-state index in [-0.39, 0.29) is 0 Å². The van der Waals surface area contributed by atoms with Gasteiger partial charge in [0, 0.05) is 26.0 Å². The molecule has 1 fully saturated rings. The normalized spacial score (nSPS) is 23.0. The smallest absolute Gasteiger partial charge is 0.202 e. The molecule has 0 saturated carbocycles. The molecule has 1 aliphatic heterocycles. The minimum Gasteiger partial charge on any atom is -0.379 e. The van der Waals surface area contributed by atoms with Crippen LogP contribution in [0.1, 0.15) is 18.9 Å². The maximum atomic E-state index is 5.43. The third kappa shape index (κ3) is 1.67. The zero-order chi connectivity index (χ0) is 9.10. The largest absolute Gasteiger partial charge is 0.379 e. The van der Waals surface area contributed by atoms with Crippen molar-refractivity contribution in [2.24, 2.45) is 0 Å². The number of rotatable bonds is 2. The fourth-order valence-electron chi connectivity index (χ4n) is 1.74. The first kappa shape index (κ1) is 8.56. The Morgan fingerprint density at radius 1 is 1.69 bits per heavy atom. The summed E-state index contributed by atoms with van der Waals surface area (Å²) in [5, 5.41) is 3.07. The fraction of sp³-hybridized carbons (Fsp3) is 0.667. The predicted octanol–water partition coefficient (Wildman–Crippen LogP) is 1.28. The molecule has 0 aromatic carbocycles. The first-order valence-electron chi connectivity index (χ1n) is 4.70. The lowest BCUT2D eigenvalue weighted by atomic mass is 10.1. The zero-order valence-corrected chi connectivity index (χ0v) is 7.86. The lowest BCUT2D eigenvalue weighted by Gasteiger charge is -2.24. The zero-order valence-electron chi connectivity index (χ0n) is 7.86. The SMILES string of the molecule is CNc1nccn1C1CCCOC1. The summed E-state index contributed by atoms with van der Waals surface area (Å²) in [7, 11) is 1.89. The molecule has 1 saturated heterocycles. The highest BCUT2D eigenvalue weighted by Crippen LogP contribution is 2.22. The van der Waals surface area contributed by atoms with Crippen molar-refractivity contribution in [1.82, 2.24) is 9.55 Å². The van der Waals surface area contributed by atoms with E-state index in [1.54, 1.807) is 0 Å². The summed E-state index contributed by atoms with van der Waals surface area (Å²) in [6, 6.07) is 0.457. The number of anilines is 1. The molecule has 1 aliphatic rings. The van der Waals surface area contributed by atoms with E-state index in [4.69, 9.17) is 4.74 Å². The van der Waals surface area contributed by atoms with Gasteiger partial charge in [-0.2, -0.15) is 0 Å². The lowest BCUT2D eigenvalue weighted by molar-refractivity contribution is 0.0598. The third-order valence-electron chi connectivity index (χ3n) is 2.42. The van der Waals surface area contributed by atoms with E-state index >= 15 is 0 Å². The summed E-state index contributed by atoms with van der Waals surface area (Å²) in [6.07, 6.45) is 6.16. The molecule has 1 N–H and O–H groups in total. The highest BCUT2D eigenvalue weighted by molar-refractivity contribution is 5.25. The minimum atomic E-state index is 0.457. The van der Waals surface area contributed by atoms with Crippen LogP contribution in [-0.2, 0) is 4.74 Å². The summed E-state index contributed by atoms with van der Waals surface area (Å²) < 4.78 is 7.58. The monoisotopic (exact) mass is 181 g/mol. The van der Waals surface area contributed by atoms with Crippen LogP contribution in [0.4, 0.5) is 5.95 Å². The average molecular weight is 181 g/mol. The van der Waals surface area contributed by atoms with Crippen LogP contribution in [0.5, 0.6) is 0 Å². The van der Waals surface area contributed by atoms with Gasteiger partial charge in [0.1, 0.15) is 0 Å². The summed E-state index contributed by atoms with van der Waals surface area (Å²) in [4.78, 5) is 4.21. The van der Waals surface area contributed by atoms with Crippen molar-refractivity contribution in [3.63, 3.8) is 0 Å². The van der Waals surface area contributed by atoms with Crippen molar-refractivity contribution in [3.05, 3.63) is 12.4 Å². The molecule has 4 heteroatoms. The van der Waals surface area contributed by atoms with Crippen molar-refractivity contribution < 1.29 is 4.74 Å². The van der Waals surface area contributed by atoms with Gasteiger partial charge in [0.15, 0.2) is 0 Å². The van der Waals surface area contributed by atoms with Crippen LogP contribution >= 0.6 is 0 Å². The van der Waals surface area contributed by atoms with Crippen LogP contribution < -0.4 is 5.32 Å². The van der Waals surface area contributed by atoms with Crippen molar-refractivity contribution in [2.75, 3.05) is 25.6 Å². The van der Waals surface area contributed by atoms with Gasteiger partial charge < -0.3 is 14.6 Å². The predicted molar refractivity (Wildman–Crippen MR) is 50.9 cm³/mol. The molecule has 0 radical (unpaired) electrons. The fourth-order valence-corrected chi connectivity index (χ4v) is 1.74. The second kappa shape index (κ2) is 3.79. The van der Waals surface area contributed by atoms with E-state index in [2.05, 4.69) is 14.9 Å². The second-order valence-corrected chi connectivity index (χ2v) is 3.28. The number of hydrogen-bond donors (Lipinski definition) is 1. The Hall–Kier alpha value is -1.03. The molecule has 1 unspecified atom stereocenters. The second-order valence-electron chi connectivity index (χ2n) is 3.28. The Kier molecular flexibility index (Phi) is 2.49. The van der Waals surface area contributed by atoms with Gasteiger partial charge in [-0.1, -0.05) is 0 Å². The molecule has 1 aromatic rings. The molecule has 2 rings (SSSR count). The van der Waals surface area contributed by atoms with Gasteiger partial charge in [-0.15, -0.1) is 0 Å². The quantitative estimate of drug-likeness (QED) is 0.747. The van der Waals surface area contributed by atoms with Crippen LogP contribution in [0.2, 0.25) is 0 Å². The van der Waals surface area contributed by atoms with E-state index in [1.807, 2.05) is 19.4 Å². The van der Waals surface area contributed by atoms with Gasteiger partial charge in [-0.3, -0.25) is 0 Å². The van der Waals surface area contributed by atoms with Crippen LogP contribution in [-0.4, -0.2) is 29.8 Å². The van der Waals surface area contributed by atoms with Gasteiger partial charge in [-0.25, -0.2) is 4.98 Å². The topological polar surface area (TPSA) is 39.1 Å². The Bertz CT molecular complexity index is 266. The van der Waals surface area contributed by atoms with Crippen molar-refractivity contribution in [3.8, 4) is 0 Å². The van der Waals surface area contributed by atoms with E-state index in [0.717, 1.165) is 25.6 Å². The molecular formula is C9H15N3O. The molecule has 72 valence electrons. The Labute approximate surface area is 77.9 Å². The first-order chi connectivity index (χ1) is 6.42. The molecule has 0 spiro atoms. The molecular weight excluding hydrogens is 166 g/mol. The maximum Gasteiger partial charge on any atom is 0.202 e. The van der Waals surface area contributed by atoms with Crippen LogP contribution in [0, 0.1) is 0 Å². The summed E-state index contributed by atoms with van der Waals surface area (Å²) in [6.45, 7) is 1.71. The van der Waals surface area contributed by atoms with Crippen molar-refractivity contribution in [1.29, 1.82) is 0 Å². The molecule has 13 heavy (non-hydrogen) atoms. The molecule has 1 atom stereocenters. The van der Waals surface area contributed by atoms with Crippen LogP contribution in [0.25, 0.3) is 0 Å². The highest BCUT2D eigenvalue weighted by Gasteiger charge is 2.17. The van der Waals surface area contributed by atoms with Crippen LogP contribution in [0.3, 0.4) is 0 Å². The van der Waals surface area contributed by atoms with Crippen LogP contribution in [0.15, 0.2) is 12.4 Å². The molecule has 2 heterocycles. The van der Waals surface area contributed by atoms with E-state index in [9.17, 15) is 0 Å². The molecule has 0 bridgehead atoms. The number of imidazole rings is 1. The minimum absolute atomic E-state index is 0.457. The van der Waals surface area contributed by atoms with Gasteiger partial charge in [0.05, 0.1) is 12.6 Å². The Morgan fingerprint density at radius 2 is 2.62 bits per heavy atom. The average Bonchev–Trinajstić information content (AvgIpc) is 2.67. The summed E-state index contributed by atoms with van der Waals surface area (Å²) >= 11 is 0. The lowest BCUT2D eigenvalue weighted by Crippen LogP contribution is -2.21. The number of ether oxygens (including phenoxy) is 1. The molecule has 1 aromatic heterocycles. The van der Waals surface area contributed by atoms with E-state index in [0.29, 0.717) is 6.04 Å². The van der Waals surface area contributed by atoms with E-state index < -0.39 is 0 Å². The Balaban J connectivity index is 2.13. The molecule has 4 nitrogen and oxygen atoms in total. The van der Waals surface area contributed by atoms with Crippen molar-refractivity contribution in [2.45, 2.75) is 18.9 Å². The number of aromatic nitrogens is 2. The third-order valence-corrected chi connectivity index (χ3v) is 2.42. The Morgan fingerprint density at radius 3 is 3.31 bits per heavy atom. The van der Waals surface area contributed by atoms with Gasteiger partial charge >= 0.3 is 0 Å². The summed E-state index contributed by atoms with van der Waals surface area (Å²) in [5.74, 6) is 0.926. The summed E-state index contributed by atoms with van der Waals surface area (Å²) in [5.41, 5.74) is 0. The number of nitrogens with zero attached hydrogens (tertiary/aromatic N) is 2. The van der Waals surface area contributed by atoms with Gasteiger partial charge in [-0.05, 0) is 12.8 Å². The number of hydrogen-bond acceptors (Lipinski definition) is 3. The number of nitrogens with one attached hydrogen (secondary N) is 1. The first-order valence-corrected chi connectivity index (χ1v) is 4.70. The maximum absolute atomic E-state index is 5.43. The van der Waals surface area contributed by atoms with Gasteiger partial charge in [0.2, 0.25) is 5.95 Å². The highest BCUT2D eigenvalue weighted by atomic mass is 16.5.